The Morgan fingerprint density at radius 1 is 1.04 bits per heavy atom. The van der Waals surface area contributed by atoms with Gasteiger partial charge in [0, 0.05) is 43.6 Å². The van der Waals surface area contributed by atoms with E-state index in [-0.39, 0.29) is 5.75 Å². The van der Waals surface area contributed by atoms with E-state index in [9.17, 15) is 5.11 Å². The first-order chi connectivity index (χ1) is 12.6. The minimum absolute atomic E-state index is 0.258. The van der Waals surface area contributed by atoms with Crippen molar-refractivity contribution in [2.45, 2.75) is 20.4 Å². The van der Waals surface area contributed by atoms with E-state index in [1.54, 1.807) is 6.07 Å². The maximum atomic E-state index is 9.98. The van der Waals surface area contributed by atoms with Crippen LogP contribution < -0.4 is 15.3 Å². The zero-order chi connectivity index (χ0) is 18.5. The lowest BCUT2D eigenvalue weighted by Gasteiger charge is -2.36. The van der Waals surface area contributed by atoms with E-state index >= 15 is 0 Å². The lowest BCUT2D eigenvalue weighted by Crippen LogP contribution is -2.46. The van der Waals surface area contributed by atoms with Gasteiger partial charge in [0.2, 0.25) is 0 Å². The van der Waals surface area contributed by atoms with Crippen molar-refractivity contribution in [3.8, 4) is 5.75 Å². The molecule has 1 N–H and O–H groups in total. The summed E-state index contributed by atoms with van der Waals surface area (Å²) >= 11 is 0. The van der Waals surface area contributed by atoms with Gasteiger partial charge in [-0.15, -0.1) is 0 Å². The van der Waals surface area contributed by atoms with Gasteiger partial charge >= 0.3 is 0 Å². The molecule has 3 nitrogen and oxygen atoms in total. The maximum absolute atomic E-state index is 9.98. The summed E-state index contributed by atoms with van der Waals surface area (Å²) in [6, 6.07) is 12.6. The number of anilines is 1. The molecule has 3 heteroatoms. The Balaban J connectivity index is 1.71. The average Bonchev–Trinajstić information content (AvgIpc) is 2.66. The van der Waals surface area contributed by atoms with Crippen molar-refractivity contribution in [3.05, 3.63) is 70.1 Å². The van der Waals surface area contributed by atoms with E-state index < -0.39 is 0 Å². The monoisotopic (exact) mass is 348 g/mol. The van der Waals surface area contributed by atoms with E-state index in [1.165, 1.54) is 16.8 Å². The first-order valence-corrected chi connectivity index (χ1v) is 9.25. The first-order valence-electron chi connectivity index (χ1n) is 9.25. The van der Waals surface area contributed by atoms with Gasteiger partial charge in [-0.25, -0.2) is 0 Å². The number of rotatable bonds is 4. The fourth-order valence-electron chi connectivity index (χ4n) is 3.40. The minimum Gasteiger partial charge on any atom is -0.507 e. The molecule has 3 rings (SSSR count). The number of hydrogen-bond donors (Lipinski definition) is 1. The Kier molecular flexibility index (Phi) is 5.79. The topological polar surface area (TPSA) is 26.7 Å². The van der Waals surface area contributed by atoms with Gasteiger partial charge < -0.3 is 10.0 Å². The summed E-state index contributed by atoms with van der Waals surface area (Å²) in [5.41, 5.74) is 3.82. The molecule has 0 amide bonds. The fourth-order valence-corrected chi connectivity index (χ4v) is 3.40. The molecule has 1 heterocycles. The third kappa shape index (κ3) is 4.17. The van der Waals surface area contributed by atoms with Gasteiger partial charge in [-0.3, -0.25) is 4.90 Å². The van der Waals surface area contributed by atoms with Crippen LogP contribution in [0, 0.1) is 6.92 Å². The third-order valence-corrected chi connectivity index (χ3v) is 5.04. The number of phenolic OH excluding ortho intramolecular Hbond substituents is 1. The normalized spacial score (nSPS) is 16.5. The Morgan fingerprint density at radius 2 is 1.73 bits per heavy atom. The summed E-state index contributed by atoms with van der Waals surface area (Å²) in [5, 5.41) is 11.7. The highest BCUT2D eigenvalue weighted by atomic mass is 16.3. The molecule has 1 aliphatic rings. The Labute approximate surface area is 156 Å². The van der Waals surface area contributed by atoms with Crippen molar-refractivity contribution in [1.82, 2.24) is 4.90 Å². The lowest BCUT2D eigenvalue weighted by atomic mass is 10.1. The number of piperazine rings is 1. The lowest BCUT2D eigenvalue weighted by molar-refractivity contribution is 0.249. The van der Waals surface area contributed by atoms with Crippen LogP contribution in [-0.4, -0.2) is 36.2 Å². The van der Waals surface area contributed by atoms with E-state index in [2.05, 4.69) is 47.6 Å². The summed E-state index contributed by atoms with van der Waals surface area (Å²) in [5.74, 6) is 0.258. The van der Waals surface area contributed by atoms with Crippen LogP contribution in [0.2, 0.25) is 0 Å². The van der Waals surface area contributed by atoms with Crippen LogP contribution in [0.15, 0.2) is 48.6 Å². The van der Waals surface area contributed by atoms with Gasteiger partial charge in [0.15, 0.2) is 0 Å². The quantitative estimate of drug-likeness (QED) is 0.920. The van der Waals surface area contributed by atoms with Gasteiger partial charge in [-0.05, 0) is 42.8 Å². The molecule has 26 heavy (non-hydrogen) atoms. The molecule has 1 saturated heterocycles. The highest BCUT2D eigenvalue weighted by Crippen LogP contribution is 2.17. The largest absolute Gasteiger partial charge is 0.507 e. The SMILES string of the molecule is C=c1c(O)ccc(CN2CCN(c3ccc(C)cc3)CC2)/c1=C/C=C\C. The second-order valence-electron chi connectivity index (χ2n) is 6.93. The Bertz CT molecular complexity index is 876. The van der Waals surface area contributed by atoms with Gasteiger partial charge in [0.25, 0.3) is 0 Å². The van der Waals surface area contributed by atoms with Crippen molar-refractivity contribution in [2.75, 3.05) is 31.1 Å². The van der Waals surface area contributed by atoms with E-state index in [4.69, 9.17) is 0 Å². The molecule has 136 valence electrons. The molecule has 2 aromatic carbocycles. The van der Waals surface area contributed by atoms with Crippen molar-refractivity contribution in [1.29, 1.82) is 0 Å². The minimum atomic E-state index is 0.258. The van der Waals surface area contributed by atoms with E-state index in [1.807, 2.05) is 31.2 Å². The first kappa shape index (κ1) is 18.3. The molecule has 1 fully saturated rings. The molecule has 0 spiro atoms. The molecule has 0 aliphatic carbocycles. The fraction of sp³-hybridized carbons (Fsp3) is 0.304. The zero-order valence-corrected chi connectivity index (χ0v) is 15.8. The number of benzene rings is 2. The van der Waals surface area contributed by atoms with Gasteiger partial charge in [-0.1, -0.05) is 48.6 Å². The van der Waals surface area contributed by atoms with Gasteiger partial charge in [-0.2, -0.15) is 0 Å². The summed E-state index contributed by atoms with van der Waals surface area (Å²) in [6.07, 6.45) is 6.04. The molecule has 0 radical (unpaired) electrons. The molecule has 0 bridgehead atoms. The summed E-state index contributed by atoms with van der Waals surface area (Å²) in [6.45, 7) is 13.2. The molecule has 0 aromatic heterocycles. The highest BCUT2D eigenvalue weighted by Gasteiger charge is 2.17. The Hall–Kier alpha value is -2.52. The number of nitrogens with zero attached hydrogens (tertiary/aromatic N) is 2. The molecular weight excluding hydrogens is 320 g/mol. The summed E-state index contributed by atoms with van der Waals surface area (Å²) in [4.78, 5) is 4.93. The molecule has 0 atom stereocenters. The average molecular weight is 348 g/mol. The second-order valence-corrected chi connectivity index (χ2v) is 6.93. The molecule has 0 saturated carbocycles. The van der Waals surface area contributed by atoms with Crippen molar-refractivity contribution >= 4 is 18.3 Å². The van der Waals surface area contributed by atoms with E-state index in [0.717, 1.165) is 37.9 Å². The number of allylic oxidation sites excluding steroid dienone is 2. The molecule has 2 aromatic rings. The Morgan fingerprint density at radius 3 is 2.38 bits per heavy atom. The standard InChI is InChI=1S/C23H28N2O/c1-4-5-6-22-19(3)23(26)12-9-20(22)17-24-13-15-25(16-14-24)21-10-7-18(2)8-11-21/h4-12,26H,3,13-17H2,1-2H3/b5-4-,22-6+. The van der Waals surface area contributed by atoms with Crippen LogP contribution in [0.25, 0.3) is 12.7 Å². The summed E-state index contributed by atoms with van der Waals surface area (Å²) in [7, 11) is 0. The smallest absolute Gasteiger partial charge is 0.122 e. The molecular formula is C23H28N2O. The number of aromatic hydroxyl groups is 1. The second kappa shape index (κ2) is 8.24. The van der Waals surface area contributed by atoms with Crippen LogP contribution in [-0.2, 0) is 6.54 Å². The van der Waals surface area contributed by atoms with Crippen molar-refractivity contribution < 1.29 is 5.11 Å². The molecule has 0 unspecified atom stereocenters. The number of aryl methyl sites for hydroxylation is 1. The predicted octanol–water partition coefficient (Wildman–Crippen LogP) is 2.79. The highest BCUT2D eigenvalue weighted by molar-refractivity contribution is 5.48. The van der Waals surface area contributed by atoms with Crippen molar-refractivity contribution in [3.63, 3.8) is 0 Å². The predicted molar refractivity (Wildman–Crippen MR) is 111 cm³/mol. The van der Waals surface area contributed by atoms with Gasteiger partial charge in [0.1, 0.15) is 5.75 Å². The zero-order valence-electron chi connectivity index (χ0n) is 15.8. The van der Waals surface area contributed by atoms with Gasteiger partial charge in [0.05, 0.1) is 0 Å². The maximum Gasteiger partial charge on any atom is 0.122 e. The van der Waals surface area contributed by atoms with Crippen LogP contribution in [0.5, 0.6) is 5.75 Å². The van der Waals surface area contributed by atoms with Crippen LogP contribution >= 0.6 is 0 Å². The van der Waals surface area contributed by atoms with Crippen LogP contribution in [0.1, 0.15) is 18.1 Å². The molecule has 1 aliphatic heterocycles. The third-order valence-electron chi connectivity index (χ3n) is 5.04. The number of phenols is 1. The summed E-state index contributed by atoms with van der Waals surface area (Å²) < 4.78 is 0. The number of hydrogen-bond acceptors (Lipinski definition) is 3. The van der Waals surface area contributed by atoms with Crippen LogP contribution in [0.4, 0.5) is 5.69 Å². The van der Waals surface area contributed by atoms with Crippen LogP contribution in [0.3, 0.4) is 0 Å². The van der Waals surface area contributed by atoms with Crippen molar-refractivity contribution in [2.24, 2.45) is 0 Å². The van der Waals surface area contributed by atoms with E-state index in [0.29, 0.717) is 5.22 Å².